The van der Waals surface area contributed by atoms with E-state index in [4.69, 9.17) is 0 Å². The average molecular weight is 488 g/mol. The summed E-state index contributed by atoms with van der Waals surface area (Å²) < 4.78 is 3.00. The fourth-order valence-corrected chi connectivity index (χ4v) is 6.95. The molecule has 0 atom stereocenters. The zero-order chi connectivity index (χ0) is 15.7. The van der Waals surface area contributed by atoms with Crippen LogP contribution in [0.1, 0.15) is 11.1 Å². The molecule has 3 aromatic rings. The van der Waals surface area contributed by atoms with Crippen LogP contribution in [0.25, 0.3) is 20.9 Å². The van der Waals surface area contributed by atoms with E-state index in [1.165, 1.54) is 41.0 Å². The van der Waals surface area contributed by atoms with Gasteiger partial charge < -0.3 is 0 Å². The van der Waals surface area contributed by atoms with Crippen LogP contribution in [-0.4, -0.2) is 20.5 Å². The summed E-state index contributed by atoms with van der Waals surface area (Å²) in [5, 5.41) is 1.79. The molecule has 0 fully saturated rings. The van der Waals surface area contributed by atoms with Gasteiger partial charge in [-0.2, -0.15) is 0 Å². The molecule has 0 nitrogen and oxygen atoms in total. The molecule has 0 aliphatic heterocycles. The number of thiophene rings is 2. The predicted molar refractivity (Wildman–Crippen MR) is 117 cm³/mol. The summed E-state index contributed by atoms with van der Waals surface area (Å²) in [4.78, 5) is 2.78. The normalized spacial score (nSPS) is 11.4. The Morgan fingerprint density at radius 1 is 0.727 bits per heavy atom. The largest absolute Gasteiger partial charge is 0.146 e. The van der Waals surface area contributed by atoms with Gasteiger partial charge in [-0.15, -0.1) is 22.7 Å². The monoisotopic (exact) mass is 486 g/mol. The first-order valence-corrected chi connectivity index (χ1v) is 12.9. The number of rotatable bonds is 4. The molecular formula is C16H16Br2S2Si2. The Kier molecular flexibility index (Phi) is 5.57. The van der Waals surface area contributed by atoms with Crippen molar-refractivity contribution in [3.05, 3.63) is 47.5 Å². The number of halogens is 2. The smallest absolute Gasteiger partial charge is 0.0514 e. The summed E-state index contributed by atoms with van der Waals surface area (Å²) in [6.45, 7) is 0. The number of hydrogen-bond donors (Lipinski definition) is 0. The summed E-state index contributed by atoms with van der Waals surface area (Å²) in [7, 11) is 2.26. The molecule has 0 unspecified atom stereocenters. The molecule has 2 aromatic heterocycles. The van der Waals surface area contributed by atoms with Crippen molar-refractivity contribution in [1.29, 1.82) is 0 Å². The van der Waals surface area contributed by atoms with E-state index in [-0.39, 0.29) is 0 Å². The van der Waals surface area contributed by atoms with Crippen molar-refractivity contribution in [2.75, 3.05) is 0 Å². The lowest BCUT2D eigenvalue weighted by Crippen LogP contribution is -1.93. The Hall–Kier alpha value is 0.0138. The molecule has 1 aromatic carbocycles. The molecule has 0 aliphatic rings. The molecule has 0 N–H and O–H groups in total. The van der Waals surface area contributed by atoms with Crippen LogP contribution in [0.5, 0.6) is 0 Å². The highest BCUT2D eigenvalue weighted by molar-refractivity contribution is 9.08. The molecule has 3 rings (SSSR count). The van der Waals surface area contributed by atoms with Gasteiger partial charge in [-0.25, -0.2) is 0 Å². The van der Waals surface area contributed by atoms with E-state index in [1.807, 2.05) is 22.7 Å². The second-order valence-corrected chi connectivity index (χ2v) is 12.6. The first-order chi connectivity index (χ1) is 10.6. The zero-order valence-corrected chi connectivity index (χ0v) is 21.3. The van der Waals surface area contributed by atoms with Gasteiger partial charge in [0.05, 0.1) is 20.5 Å². The minimum absolute atomic E-state index is 0.894. The van der Waals surface area contributed by atoms with Gasteiger partial charge in [0.25, 0.3) is 0 Å². The summed E-state index contributed by atoms with van der Waals surface area (Å²) in [5.41, 5.74) is 5.52. The van der Waals surface area contributed by atoms with Gasteiger partial charge in [0.2, 0.25) is 0 Å². The van der Waals surface area contributed by atoms with E-state index >= 15 is 0 Å². The number of hydrogen-bond acceptors (Lipinski definition) is 2. The maximum Gasteiger partial charge on any atom is 0.0514 e. The second-order valence-electron chi connectivity index (χ2n) is 5.25. The van der Waals surface area contributed by atoms with Crippen LogP contribution < -0.4 is 9.00 Å². The van der Waals surface area contributed by atoms with E-state index in [0.29, 0.717) is 0 Å². The standard InChI is InChI=1S/C16H16Br2S2Si2/c17-7-9-6-12(14-2-4-16(22)20-14)10(8-18)5-11(9)13-1-3-15(21)19-13/h1-6H,7-8H2,21-22H3. The van der Waals surface area contributed by atoms with Gasteiger partial charge in [-0.05, 0) is 55.5 Å². The maximum absolute atomic E-state index is 3.68. The third-order valence-corrected chi connectivity index (χ3v) is 8.80. The molecule has 114 valence electrons. The van der Waals surface area contributed by atoms with Crippen molar-refractivity contribution >= 4 is 84.0 Å². The topological polar surface area (TPSA) is 0 Å². The molecule has 0 saturated heterocycles. The molecule has 22 heavy (non-hydrogen) atoms. The number of alkyl halides is 2. The molecule has 2 heterocycles. The third-order valence-electron chi connectivity index (χ3n) is 3.63. The highest BCUT2D eigenvalue weighted by atomic mass is 79.9. The fourth-order valence-electron chi connectivity index (χ4n) is 2.53. The molecule has 0 saturated carbocycles. The van der Waals surface area contributed by atoms with Crippen LogP contribution in [0.3, 0.4) is 0 Å². The first kappa shape index (κ1) is 16.9. The van der Waals surface area contributed by atoms with Crippen LogP contribution >= 0.6 is 54.5 Å². The molecule has 0 amide bonds. The van der Waals surface area contributed by atoms with E-state index < -0.39 is 0 Å². The van der Waals surface area contributed by atoms with Gasteiger partial charge in [-0.1, -0.05) is 44.0 Å². The Balaban J connectivity index is 2.18. The van der Waals surface area contributed by atoms with Crippen molar-refractivity contribution in [1.82, 2.24) is 0 Å². The van der Waals surface area contributed by atoms with Crippen molar-refractivity contribution in [3.63, 3.8) is 0 Å². The van der Waals surface area contributed by atoms with Crippen LogP contribution in [0.15, 0.2) is 36.4 Å². The SMILES string of the molecule is [SiH3]c1ccc(-c2cc(CBr)c(-c3ccc([SiH3])s3)cc2CBr)s1. The van der Waals surface area contributed by atoms with Crippen molar-refractivity contribution < 1.29 is 0 Å². The quantitative estimate of drug-likeness (QED) is 0.392. The van der Waals surface area contributed by atoms with Crippen LogP contribution in [0.4, 0.5) is 0 Å². The Labute approximate surface area is 162 Å². The van der Waals surface area contributed by atoms with Crippen molar-refractivity contribution in [2.45, 2.75) is 10.7 Å². The predicted octanol–water partition coefficient (Wildman–Crippen LogP) is 2.91. The lowest BCUT2D eigenvalue weighted by Gasteiger charge is -2.13. The lowest BCUT2D eigenvalue weighted by atomic mass is 9.98. The molecule has 0 bridgehead atoms. The van der Waals surface area contributed by atoms with Crippen molar-refractivity contribution in [3.8, 4) is 20.9 Å². The van der Waals surface area contributed by atoms with Crippen LogP contribution in [0.2, 0.25) is 0 Å². The highest BCUT2D eigenvalue weighted by Crippen LogP contribution is 2.37. The zero-order valence-electron chi connectivity index (χ0n) is 12.5. The van der Waals surface area contributed by atoms with Gasteiger partial charge >= 0.3 is 0 Å². The minimum atomic E-state index is 0.894. The molecule has 0 aliphatic carbocycles. The Bertz CT molecular complexity index is 740. The maximum atomic E-state index is 3.68. The van der Waals surface area contributed by atoms with Crippen LogP contribution in [0, 0.1) is 0 Å². The van der Waals surface area contributed by atoms with E-state index in [2.05, 4.69) is 68.3 Å². The molecule has 6 heteroatoms. The van der Waals surface area contributed by atoms with E-state index in [0.717, 1.165) is 31.1 Å². The summed E-state index contributed by atoms with van der Waals surface area (Å²) in [5.74, 6) is 0. The first-order valence-electron chi connectivity index (χ1n) is 7.03. The van der Waals surface area contributed by atoms with E-state index in [1.54, 1.807) is 0 Å². The summed E-state index contributed by atoms with van der Waals surface area (Å²) in [6, 6.07) is 13.8. The highest BCUT2D eigenvalue weighted by Gasteiger charge is 2.14. The lowest BCUT2D eigenvalue weighted by molar-refractivity contribution is 1.37. The van der Waals surface area contributed by atoms with Crippen LogP contribution in [-0.2, 0) is 10.7 Å². The van der Waals surface area contributed by atoms with Gasteiger partial charge in [0.15, 0.2) is 0 Å². The molecule has 0 radical (unpaired) electrons. The average Bonchev–Trinajstić information content (AvgIpc) is 3.14. The van der Waals surface area contributed by atoms with Gasteiger partial charge in [0, 0.05) is 20.4 Å². The summed E-state index contributed by atoms with van der Waals surface area (Å²) in [6.07, 6.45) is 0. The number of benzene rings is 1. The van der Waals surface area contributed by atoms with Gasteiger partial charge in [-0.3, -0.25) is 0 Å². The third kappa shape index (κ3) is 3.42. The molecular weight excluding hydrogens is 472 g/mol. The second kappa shape index (κ2) is 7.28. The Morgan fingerprint density at radius 3 is 1.41 bits per heavy atom. The van der Waals surface area contributed by atoms with E-state index in [9.17, 15) is 0 Å². The fraction of sp³-hybridized carbons (Fsp3) is 0.125. The Morgan fingerprint density at radius 2 is 1.14 bits per heavy atom. The molecule has 0 spiro atoms. The van der Waals surface area contributed by atoms with Gasteiger partial charge in [0.1, 0.15) is 0 Å². The minimum Gasteiger partial charge on any atom is -0.146 e. The van der Waals surface area contributed by atoms with Crippen molar-refractivity contribution in [2.24, 2.45) is 0 Å². The summed E-state index contributed by atoms with van der Waals surface area (Å²) >= 11 is 11.2.